The number of non-ortho nitro benzene ring substituents is 1. The Morgan fingerprint density at radius 1 is 1.00 bits per heavy atom. The number of carbonyl (C=O) groups excluding carboxylic acids is 1. The molecule has 0 saturated carbocycles. The molecule has 0 bridgehead atoms. The number of rotatable bonds is 5. The normalized spacial score (nSPS) is 13.1. The number of sulfonamides is 1. The average molecular weight is 452 g/mol. The summed E-state index contributed by atoms with van der Waals surface area (Å²) < 4.78 is 28.3. The minimum Gasteiger partial charge on any atom is -0.281 e. The molecule has 9 heteroatoms. The molecule has 0 atom stereocenters. The predicted octanol–water partition coefficient (Wildman–Crippen LogP) is 3.86. The molecule has 1 N–H and O–H groups in total. The van der Waals surface area contributed by atoms with Gasteiger partial charge < -0.3 is 0 Å². The number of nitrogens with one attached hydrogen (secondary N) is 1. The van der Waals surface area contributed by atoms with E-state index in [1.807, 2.05) is 30.3 Å². The molecule has 3 aromatic rings. The number of fused-ring (bicyclic) bond motifs is 2. The Kier molecular flexibility index (Phi) is 5.77. The Labute approximate surface area is 185 Å². The maximum absolute atomic E-state index is 12.9. The van der Waals surface area contributed by atoms with Gasteiger partial charge in [0.2, 0.25) is 15.9 Å². The quantitative estimate of drug-likeness (QED) is 0.468. The first kappa shape index (κ1) is 21.7. The van der Waals surface area contributed by atoms with Gasteiger partial charge in [-0.05, 0) is 47.7 Å². The summed E-state index contributed by atoms with van der Waals surface area (Å²) >= 11 is 0. The van der Waals surface area contributed by atoms with Crippen LogP contribution in [0.4, 0.5) is 17.1 Å². The van der Waals surface area contributed by atoms with Gasteiger partial charge in [0.1, 0.15) is 0 Å². The van der Waals surface area contributed by atoms with Gasteiger partial charge in [-0.25, -0.2) is 13.1 Å². The molecule has 8 nitrogen and oxygen atoms in total. The molecule has 164 valence electrons. The molecule has 0 aliphatic carbocycles. The topological polar surface area (TPSA) is 110 Å². The van der Waals surface area contributed by atoms with Crippen LogP contribution < -0.4 is 9.62 Å². The minimum absolute atomic E-state index is 0.104. The molecule has 0 radical (unpaired) electrons. The van der Waals surface area contributed by atoms with E-state index in [2.05, 4.69) is 4.72 Å². The zero-order chi connectivity index (χ0) is 22.9. The van der Waals surface area contributed by atoms with Crippen LogP contribution >= 0.6 is 0 Å². The molecule has 0 fully saturated rings. The van der Waals surface area contributed by atoms with Crippen LogP contribution in [-0.2, 0) is 34.2 Å². The fourth-order valence-corrected chi connectivity index (χ4v) is 4.90. The zero-order valence-corrected chi connectivity index (χ0v) is 18.1. The van der Waals surface area contributed by atoms with Crippen molar-refractivity contribution in [3.8, 4) is 0 Å². The van der Waals surface area contributed by atoms with Gasteiger partial charge in [0.05, 0.1) is 21.2 Å². The van der Waals surface area contributed by atoms with Crippen molar-refractivity contribution in [1.29, 1.82) is 0 Å². The number of anilines is 2. The van der Waals surface area contributed by atoms with Crippen LogP contribution in [0, 0.1) is 10.1 Å². The van der Waals surface area contributed by atoms with Gasteiger partial charge in [0.15, 0.2) is 0 Å². The highest BCUT2D eigenvalue weighted by molar-refractivity contribution is 7.89. The molecular weight excluding hydrogens is 430 g/mol. The summed E-state index contributed by atoms with van der Waals surface area (Å²) in [4.78, 5) is 24.8. The first-order valence-corrected chi connectivity index (χ1v) is 11.5. The van der Waals surface area contributed by atoms with Crippen molar-refractivity contribution in [1.82, 2.24) is 4.72 Å². The smallest absolute Gasteiger partial charge is 0.271 e. The summed E-state index contributed by atoms with van der Waals surface area (Å²) in [7, 11) is -3.77. The average Bonchev–Trinajstić information content (AvgIpc) is 2.94. The second kappa shape index (κ2) is 8.52. The molecule has 0 spiro atoms. The summed E-state index contributed by atoms with van der Waals surface area (Å²) in [6.45, 7) is 1.54. The molecular formula is C23H21N3O5S. The highest BCUT2D eigenvalue weighted by atomic mass is 32.2. The maximum atomic E-state index is 12.9. The largest absolute Gasteiger partial charge is 0.281 e. The van der Waals surface area contributed by atoms with Crippen molar-refractivity contribution in [2.24, 2.45) is 0 Å². The van der Waals surface area contributed by atoms with E-state index in [-0.39, 0.29) is 23.0 Å². The van der Waals surface area contributed by atoms with Crippen molar-refractivity contribution < 1.29 is 18.1 Å². The lowest BCUT2D eigenvalue weighted by atomic mass is 10.0. The second-order valence-corrected chi connectivity index (χ2v) is 9.29. The molecule has 0 aromatic heterocycles. The van der Waals surface area contributed by atoms with Gasteiger partial charge in [-0.2, -0.15) is 0 Å². The number of hydrogen-bond acceptors (Lipinski definition) is 5. The minimum atomic E-state index is -3.77. The van der Waals surface area contributed by atoms with Gasteiger partial charge >= 0.3 is 0 Å². The number of benzene rings is 3. The van der Waals surface area contributed by atoms with E-state index < -0.39 is 14.9 Å². The van der Waals surface area contributed by atoms with E-state index in [0.717, 1.165) is 11.1 Å². The molecule has 32 heavy (non-hydrogen) atoms. The summed E-state index contributed by atoms with van der Waals surface area (Å²) in [5, 5.41) is 11.2. The van der Waals surface area contributed by atoms with Crippen molar-refractivity contribution >= 4 is 33.0 Å². The van der Waals surface area contributed by atoms with Crippen LogP contribution in [0.25, 0.3) is 0 Å². The van der Waals surface area contributed by atoms with Gasteiger partial charge in [0, 0.05) is 25.6 Å². The monoisotopic (exact) mass is 451 g/mol. The first-order valence-electron chi connectivity index (χ1n) is 10.0. The highest BCUT2D eigenvalue weighted by Crippen LogP contribution is 2.38. The number of nitro benzene ring substituents is 1. The van der Waals surface area contributed by atoms with Crippen LogP contribution in [0.3, 0.4) is 0 Å². The lowest BCUT2D eigenvalue weighted by Gasteiger charge is -2.23. The molecule has 1 aliphatic rings. The van der Waals surface area contributed by atoms with E-state index >= 15 is 0 Å². The third-order valence-electron chi connectivity index (χ3n) is 5.41. The molecule has 1 amide bonds. The van der Waals surface area contributed by atoms with Crippen molar-refractivity contribution in [3.05, 3.63) is 93.5 Å². The van der Waals surface area contributed by atoms with Crippen LogP contribution in [0.15, 0.2) is 71.6 Å². The van der Waals surface area contributed by atoms with E-state index in [1.165, 1.54) is 30.0 Å². The Hall–Kier alpha value is -3.56. The van der Waals surface area contributed by atoms with Crippen molar-refractivity contribution in [3.63, 3.8) is 0 Å². The summed E-state index contributed by atoms with van der Waals surface area (Å²) in [6.07, 6.45) is 1.01. The van der Waals surface area contributed by atoms with Crippen molar-refractivity contribution in [2.45, 2.75) is 31.2 Å². The van der Waals surface area contributed by atoms with E-state index in [0.29, 0.717) is 29.8 Å². The number of aryl methyl sites for hydroxylation is 2. The lowest BCUT2D eigenvalue weighted by Crippen LogP contribution is -2.25. The predicted molar refractivity (Wildman–Crippen MR) is 120 cm³/mol. The van der Waals surface area contributed by atoms with Crippen LogP contribution in [-0.4, -0.2) is 19.2 Å². The van der Waals surface area contributed by atoms with E-state index in [9.17, 15) is 23.3 Å². The number of carbonyl (C=O) groups is 1. The van der Waals surface area contributed by atoms with Gasteiger partial charge in [-0.15, -0.1) is 0 Å². The third kappa shape index (κ3) is 4.25. The Bertz CT molecular complexity index is 1310. The second-order valence-electron chi connectivity index (χ2n) is 7.53. The van der Waals surface area contributed by atoms with Gasteiger partial charge in [-0.3, -0.25) is 19.8 Å². The SMILES string of the molecule is CC(=O)N1c2ccc(S(=O)(=O)NCc3ccccc3)cc2CCc2ccc([N+](=O)[O-])cc21. The standard InChI is InChI=1S/C23H21N3O5S/c1-16(27)25-22-12-11-21(32(30,31)24-15-17-5-3-2-4-6-17)13-19(22)8-7-18-9-10-20(26(28)29)14-23(18)25/h2-6,9-14,24H,7-8,15H2,1H3. The van der Waals surface area contributed by atoms with Crippen molar-refractivity contribution in [2.75, 3.05) is 4.90 Å². The highest BCUT2D eigenvalue weighted by Gasteiger charge is 2.27. The first-order chi connectivity index (χ1) is 15.3. The fourth-order valence-electron chi connectivity index (χ4n) is 3.83. The maximum Gasteiger partial charge on any atom is 0.271 e. The Morgan fingerprint density at radius 2 is 1.72 bits per heavy atom. The molecule has 0 unspecified atom stereocenters. The molecule has 1 aliphatic heterocycles. The zero-order valence-electron chi connectivity index (χ0n) is 17.3. The summed E-state index contributed by atoms with van der Waals surface area (Å²) in [6, 6.07) is 18.3. The van der Waals surface area contributed by atoms with Gasteiger partial charge in [0.25, 0.3) is 5.69 Å². The third-order valence-corrected chi connectivity index (χ3v) is 6.81. The number of hydrogen-bond donors (Lipinski definition) is 1. The number of amides is 1. The van der Waals surface area contributed by atoms with Gasteiger partial charge in [-0.1, -0.05) is 36.4 Å². The Balaban J connectivity index is 1.70. The van der Waals surface area contributed by atoms with Crippen LogP contribution in [0.2, 0.25) is 0 Å². The lowest BCUT2D eigenvalue weighted by molar-refractivity contribution is -0.384. The van der Waals surface area contributed by atoms with Crippen LogP contribution in [0.5, 0.6) is 0 Å². The molecule has 4 rings (SSSR count). The molecule has 1 heterocycles. The number of nitrogens with zero attached hydrogens (tertiary/aromatic N) is 2. The van der Waals surface area contributed by atoms with E-state index in [1.54, 1.807) is 18.2 Å². The molecule has 0 saturated heterocycles. The Morgan fingerprint density at radius 3 is 2.41 bits per heavy atom. The van der Waals surface area contributed by atoms with E-state index in [4.69, 9.17) is 0 Å². The van der Waals surface area contributed by atoms with Crippen LogP contribution in [0.1, 0.15) is 23.6 Å². The summed E-state index contributed by atoms with van der Waals surface area (Å²) in [5.74, 6) is -0.312. The molecule has 3 aromatic carbocycles. The fraction of sp³-hybridized carbons (Fsp3) is 0.174. The summed E-state index contributed by atoms with van der Waals surface area (Å²) in [5.41, 5.74) is 3.17. The number of nitro groups is 1.